The molecule has 1 aromatic rings. The Balaban J connectivity index is 1.65. The summed E-state index contributed by atoms with van der Waals surface area (Å²) in [6.07, 6.45) is 5.85. The molecular formula is C15H19NO2. The summed E-state index contributed by atoms with van der Waals surface area (Å²) in [6, 6.07) is 10.4. The smallest absolute Gasteiger partial charge is 0.235 e. The van der Waals surface area contributed by atoms with Crippen molar-refractivity contribution < 1.29 is 9.53 Å². The van der Waals surface area contributed by atoms with Crippen molar-refractivity contribution in [3.63, 3.8) is 0 Å². The lowest BCUT2D eigenvalue weighted by Gasteiger charge is -2.25. The molecule has 0 N–H and O–H groups in total. The molecule has 0 aliphatic heterocycles. The summed E-state index contributed by atoms with van der Waals surface area (Å²) in [5.41, 5.74) is 1.22. The average Bonchev–Trinajstić information content (AvgIpc) is 2.42. The van der Waals surface area contributed by atoms with Gasteiger partial charge < -0.3 is 4.74 Å². The number of ether oxygens (including phenoxy) is 1. The second-order valence-corrected chi connectivity index (χ2v) is 4.90. The van der Waals surface area contributed by atoms with E-state index in [0.717, 1.165) is 32.3 Å². The van der Waals surface area contributed by atoms with E-state index in [0.29, 0.717) is 12.5 Å². The van der Waals surface area contributed by atoms with E-state index in [2.05, 4.69) is 17.1 Å². The van der Waals surface area contributed by atoms with E-state index in [1.54, 1.807) is 6.08 Å². The Hall–Kier alpha value is -1.44. The van der Waals surface area contributed by atoms with Crippen LogP contribution in [0.5, 0.6) is 0 Å². The highest BCUT2D eigenvalue weighted by Gasteiger charge is 2.20. The van der Waals surface area contributed by atoms with E-state index in [1.165, 1.54) is 5.56 Å². The molecule has 0 heterocycles. The van der Waals surface area contributed by atoms with Crippen molar-refractivity contribution in [3.05, 3.63) is 35.9 Å². The minimum Gasteiger partial charge on any atom is -0.376 e. The van der Waals surface area contributed by atoms with Gasteiger partial charge in [0, 0.05) is 6.61 Å². The first-order valence-electron chi connectivity index (χ1n) is 6.57. The largest absolute Gasteiger partial charge is 0.376 e. The van der Waals surface area contributed by atoms with Gasteiger partial charge in [-0.3, -0.25) is 0 Å². The highest BCUT2D eigenvalue weighted by Crippen LogP contribution is 2.26. The van der Waals surface area contributed by atoms with Crippen LogP contribution in [-0.4, -0.2) is 18.7 Å². The van der Waals surface area contributed by atoms with Gasteiger partial charge in [0.15, 0.2) is 0 Å². The van der Waals surface area contributed by atoms with Gasteiger partial charge in [-0.2, -0.15) is 0 Å². The highest BCUT2D eigenvalue weighted by molar-refractivity contribution is 5.33. The minimum absolute atomic E-state index is 0.202. The zero-order valence-corrected chi connectivity index (χ0v) is 10.5. The maximum atomic E-state index is 10.2. The summed E-state index contributed by atoms with van der Waals surface area (Å²) in [6.45, 7) is 1.50. The summed E-state index contributed by atoms with van der Waals surface area (Å²) in [4.78, 5) is 14.0. The molecule has 3 heteroatoms. The van der Waals surface area contributed by atoms with Gasteiger partial charge in [-0.25, -0.2) is 9.79 Å². The fourth-order valence-corrected chi connectivity index (χ4v) is 2.43. The molecule has 0 bridgehead atoms. The first kappa shape index (κ1) is 13.0. The Kier molecular flexibility index (Phi) is 5.13. The Morgan fingerprint density at radius 2 is 1.89 bits per heavy atom. The summed E-state index contributed by atoms with van der Waals surface area (Å²) in [7, 11) is 0. The third-order valence-corrected chi connectivity index (χ3v) is 3.52. The topological polar surface area (TPSA) is 38.7 Å². The van der Waals surface area contributed by atoms with Crippen molar-refractivity contribution in [1.29, 1.82) is 0 Å². The van der Waals surface area contributed by atoms with Crippen LogP contribution in [-0.2, 0) is 16.1 Å². The number of isocyanates is 1. The van der Waals surface area contributed by atoms with Crippen LogP contribution in [0.3, 0.4) is 0 Å². The maximum absolute atomic E-state index is 10.2. The molecule has 1 aliphatic rings. The molecular weight excluding hydrogens is 226 g/mol. The molecule has 1 aliphatic carbocycles. The minimum atomic E-state index is 0.202. The zero-order valence-electron chi connectivity index (χ0n) is 10.5. The van der Waals surface area contributed by atoms with Crippen molar-refractivity contribution in [1.82, 2.24) is 0 Å². The number of hydrogen-bond acceptors (Lipinski definition) is 3. The van der Waals surface area contributed by atoms with Gasteiger partial charge in [-0.05, 0) is 37.2 Å². The molecule has 18 heavy (non-hydrogen) atoms. The number of benzene rings is 1. The molecule has 0 amide bonds. The fraction of sp³-hybridized carbons (Fsp3) is 0.533. The van der Waals surface area contributed by atoms with Gasteiger partial charge in [0.1, 0.15) is 0 Å². The Morgan fingerprint density at radius 1 is 1.17 bits per heavy atom. The molecule has 0 atom stereocenters. The van der Waals surface area contributed by atoms with Gasteiger partial charge in [-0.15, -0.1) is 0 Å². The van der Waals surface area contributed by atoms with E-state index in [9.17, 15) is 4.79 Å². The standard InChI is InChI=1S/C15H19NO2/c17-12-16-15-8-6-14(7-9-15)11-18-10-13-4-2-1-3-5-13/h1-5,14-15H,6-11H2. The van der Waals surface area contributed by atoms with Crippen molar-refractivity contribution in [2.45, 2.75) is 38.3 Å². The van der Waals surface area contributed by atoms with Gasteiger partial charge >= 0.3 is 0 Å². The lowest BCUT2D eigenvalue weighted by Crippen LogP contribution is -2.20. The van der Waals surface area contributed by atoms with Crippen molar-refractivity contribution >= 4 is 6.08 Å². The molecule has 0 spiro atoms. The number of aliphatic imine (C=N–C) groups is 1. The van der Waals surface area contributed by atoms with Gasteiger partial charge in [0.05, 0.1) is 12.6 Å². The normalized spacial score (nSPS) is 23.3. The maximum Gasteiger partial charge on any atom is 0.235 e. The first-order chi connectivity index (χ1) is 8.88. The van der Waals surface area contributed by atoms with Crippen LogP contribution in [0.25, 0.3) is 0 Å². The second kappa shape index (κ2) is 7.10. The van der Waals surface area contributed by atoms with E-state index < -0.39 is 0 Å². The van der Waals surface area contributed by atoms with Gasteiger partial charge in [0.2, 0.25) is 6.08 Å². The number of nitrogens with zero attached hydrogens (tertiary/aromatic N) is 1. The van der Waals surface area contributed by atoms with Gasteiger partial charge in [-0.1, -0.05) is 30.3 Å². The van der Waals surface area contributed by atoms with E-state index in [1.807, 2.05) is 18.2 Å². The zero-order chi connectivity index (χ0) is 12.6. The molecule has 2 rings (SSSR count). The van der Waals surface area contributed by atoms with Gasteiger partial charge in [0.25, 0.3) is 0 Å². The van der Waals surface area contributed by atoms with Crippen LogP contribution in [0, 0.1) is 5.92 Å². The lowest BCUT2D eigenvalue weighted by molar-refractivity contribution is 0.0720. The van der Waals surface area contributed by atoms with Crippen molar-refractivity contribution in [3.8, 4) is 0 Å². The Morgan fingerprint density at radius 3 is 2.56 bits per heavy atom. The molecule has 0 saturated heterocycles. The van der Waals surface area contributed by atoms with Crippen LogP contribution in [0.1, 0.15) is 31.2 Å². The molecule has 0 unspecified atom stereocenters. The summed E-state index contributed by atoms with van der Waals surface area (Å²) >= 11 is 0. The number of carbonyl (C=O) groups excluding carboxylic acids is 1. The molecule has 0 radical (unpaired) electrons. The van der Waals surface area contributed by atoms with E-state index in [4.69, 9.17) is 4.74 Å². The predicted molar refractivity (Wildman–Crippen MR) is 70.0 cm³/mol. The molecule has 1 saturated carbocycles. The quantitative estimate of drug-likeness (QED) is 0.590. The SMILES string of the molecule is O=C=NC1CCC(COCc2ccccc2)CC1. The van der Waals surface area contributed by atoms with E-state index >= 15 is 0 Å². The molecule has 1 fully saturated rings. The Bertz CT molecular complexity index is 390. The molecule has 0 aromatic heterocycles. The summed E-state index contributed by atoms with van der Waals surface area (Å²) in [5, 5.41) is 0. The van der Waals surface area contributed by atoms with Crippen LogP contribution < -0.4 is 0 Å². The van der Waals surface area contributed by atoms with Crippen LogP contribution >= 0.6 is 0 Å². The molecule has 3 nitrogen and oxygen atoms in total. The molecule has 1 aromatic carbocycles. The highest BCUT2D eigenvalue weighted by atomic mass is 16.5. The van der Waals surface area contributed by atoms with E-state index in [-0.39, 0.29) is 6.04 Å². The fourth-order valence-electron chi connectivity index (χ4n) is 2.43. The monoisotopic (exact) mass is 245 g/mol. The predicted octanol–water partition coefficient (Wildman–Crippen LogP) is 3.10. The van der Waals surface area contributed by atoms with Crippen molar-refractivity contribution in [2.75, 3.05) is 6.61 Å². The van der Waals surface area contributed by atoms with Crippen LogP contribution in [0.15, 0.2) is 35.3 Å². The molecule has 96 valence electrons. The third-order valence-electron chi connectivity index (χ3n) is 3.52. The lowest BCUT2D eigenvalue weighted by atomic mass is 9.87. The van der Waals surface area contributed by atoms with Crippen LogP contribution in [0.2, 0.25) is 0 Å². The summed E-state index contributed by atoms with van der Waals surface area (Å²) in [5.74, 6) is 0.617. The second-order valence-electron chi connectivity index (χ2n) is 4.90. The third kappa shape index (κ3) is 4.10. The Labute approximate surface area is 108 Å². The summed E-state index contributed by atoms with van der Waals surface area (Å²) < 4.78 is 5.75. The van der Waals surface area contributed by atoms with Crippen molar-refractivity contribution in [2.24, 2.45) is 10.9 Å². The van der Waals surface area contributed by atoms with Crippen LogP contribution in [0.4, 0.5) is 0 Å². The number of hydrogen-bond donors (Lipinski definition) is 0. The average molecular weight is 245 g/mol. The number of rotatable bonds is 5. The first-order valence-corrected chi connectivity index (χ1v) is 6.57.